The second-order valence-electron chi connectivity index (χ2n) is 7.67. The molecule has 2 aliphatic rings. The molecule has 1 N–H and O–H groups in total. The van der Waals surface area contributed by atoms with Crippen LogP contribution in [0.3, 0.4) is 0 Å². The van der Waals surface area contributed by atoms with Gasteiger partial charge in [-0.05, 0) is 48.1 Å². The number of nitrogens with zero attached hydrogens (tertiary/aromatic N) is 3. The zero-order valence-electron chi connectivity index (χ0n) is 15.7. The maximum absolute atomic E-state index is 4.87. The lowest BCUT2D eigenvalue weighted by atomic mass is 10.00. The normalized spacial score (nSPS) is 16.0. The molecule has 0 amide bonds. The SMILES string of the molecule is Brc1ccc2c(c1)CCN(c1cc(C3CC3)nc(NCc3ccccc3)n1)C2. The van der Waals surface area contributed by atoms with Gasteiger partial charge in [0.25, 0.3) is 0 Å². The summed E-state index contributed by atoms with van der Waals surface area (Å²) < 4.78 is 1.16. The number of benzene rings is 2. The van der Waals surface area contributed by atoms with Crippen LogP contribution in [0.15, 0.2) is 59.1 Å². The largest absolute Gasteiger partial charge is 0.352 e. The quantitative estimate of drug-likeness (QED) is 0.591. The Balaban J connectivity index is 1.39. The molecule has 4 nitrogen and oxygen atoms in total. The Kier molecular flexibility index (Phi) is 4.77. The van der Waals surface area contributed by atoms with Crippen LogP contribution >= 0.6 is 15.9 Å². The molecule has 0 radical (unpaired) electrons. The fourth-order valence-corrected chi connectivity index (χ4v) is 4.18. The summed E-state index contributed by atoms with van der Waals surface area (Å²) in [5.74, 6) is 2.39. The first-order chi connectivity index (χ1) is 13.7. The van der Waals surface area contributed by atoms with E-state index in [1.165, 1.54) is 35.2 Å². The summed E-state index contributed by atoms with van der Waals surface area (Å²) in [5, 5.41) is 3.44. The zero-order chi connectivity index (χ0) is 18.9. The first kappa shape index (κ1) is 17.7. The third kappa shape index (κ3) is 3.90. The van der Waals surface area contributed by atoms with Crippen molar-refractivity contribution in [2.45, 2.75) is 38.3 Å². The van der Waals surface area contributed by atoms with Gasteiger partial charge in [0.05, 0.1) is 5.69 Å². The van der Waals surface area contributed by atoms with E-state index in [-0.39, 0.29) is 0 Å². The van der Waals surface area contributed by atoms with Gasteiger partial charge in [0.2, 0.25) is 5.95 Å². The third-order valence-corrected chi connectivity index (χ3v) is 6.02. The Hall–Kier alpha value is -2.40. The Bertz CT molecular complexity index is 985. The number of halogens is 1. The fourth-order valence-electron chi connectivity index (χ4n) is 3.78. The Morgan fingerprint density at radius 1 is 1.00 bits per heavy atom. The molecule has 0 saturated heterocycles. The highest BCUT2D eigenvalue weighted by atomic mass is 79.9. The third-order valence-electron chi connectivity index (χ3n) is 5.53. The predicted octanol–water partition coefficient (Wildman–Crippen LogP) is 5.29. The lowest BCUT2D eigenvalue weighted by molar-refractivity contribution is 0.717. The number of anilines is 2. The fraction of sp³-hybridized carbons (Fsp3) is 0.304. The molecule has 0 bridgehead atoms. The van der Waals surface area contributed by atoms with Gasteiger partial charge in [0.15, 0.2) is 0 Å². The van der Waals surface area contributed by atoms with Crippen molar-refractivity contribution in [3.05, 3.63) is 81.5 Å². The number of nitrogens with one attached hydrogen (secondary N) is 1. The highest BCUT2D eigenvalue weighted by molar-refractivity contribution is 9.10. The van der Waals surface area contributed by atoms with Crippen LogP contribution < -0.4 is 10.2 Å². The number of rotatable bonds is 5. The van der Waals surface area contributed by atoms with E-state index in [1.54, 1.807) is 0 Å². The second kappa shape index (κ2) is 7.55. The van der Waals surface area contributed by atoms with Crippen molar-refractivity contribution in [1.82, 2.24) is 9.97 Å². The van der Waals surface area contributed by atoms with Crippen molar-refractivity contribution in [1.29, 1.82) is 0 Å². The van der Waals surface area contributed by atoms with E-state index >= 15 is 0 Å². The minimum Gasteiger partial charge on any atom is -0.352 e. The van der Waals surface area contributed by atoms with Crippen molar-refractivity contribution < 1.29 is 0 Å². The van der Waals surface area contributed by atoms with Gasteiger partial charge in [-0.25, -0.2) is 4.98 Å². The number of fused-ring (bicyclic) bond motifs is 1. The molecule has 2 heterocycles. The molecule has 1 aliphatic carbocycles. The van der Waals surface area contributed by atoms with Crippen LogP contribution in [0.1, 0.15) is 41.1 Å². The summed E-state index contributed by atoms with van der Waals surface area (Å²) in [7, 11) is 0. The maximum atomic E-state index is 4.87. The van der Waals surface area contributed by atoms with Crippen molar-refractivity contribution in [3.8, 4) is 0 Å². The molecule has 28 heavy (non-hydrogen) atoms. The van der Waals surface area contributed by atoms with Crippen LogP contribution in [0.4, 0.5) is 11.8 Å². The van der Waals surface area contributed by atoms with Crippen LogP contribution in [-0.4, -0.2) is 16.5 Å². The molecule has 2 aromatic carbocycles. The maximum Gasteiger partial charge on any atom is 0.225 e. The minimum absolute atomic E-state index is 0.604. The van der Waals surface area contributed by atoms with Crippen molar-refractivity contribution in [3.63, 3.8) is 0 Å². The number of aromatic nitrogens is 2. The average molecular weight is 435 g/mol. The summed E-state index contributed by atoms with van der Waals surface area (Å²) in [6.45, 7) is 2.63. The molecule has 0 atom stereocenters. The van der Waals surface area contributed by atoms with Gasteiger partial charge in [-0.3, -0.25) is 0 Å². The molecule has 1 aromatic heterocycles. The van der Waals surface area contributed by atoms with Crippen LogP contribution in [0, 0.1) is 0 Å². The molecule has 5 rings (SSSR count). The van der Waals surface area contributed by atoms with Crippen molar-refractivity contribution in [2.24, 2.45) is 0 Å². The molecular weight excluding hydrogens is 412 g/mol. The van der Waals surface area contributed by atoms with Crippen molar-refractivity contribution >= 4 is 27.7 Å². The van der Waals surface area contributed by atoms with Crippen LogP contribution in [0.25, 0.3) is 0 Å². The van der Waals surface area contributed by atoms with E-state index in [0.29, 0.717) is 5.92 Å². The topological polar surface area (TPSA) is 41.1 Å². The molecular formula is C23H23BrN4. The van der Waals surface area contributed by atoms with E-state index < -0.39 is 0 Å². The van der Waals surface area contributed by atoms with Gasteiger partial charge in [0, 0.05) is 36.1 Å². The molecule has 3 aromatic rings. The first-order valence-corrected chi connectivity index (χ1v) is 10.7. The Labute approximate surface area is 174 Å². The summed E-state index contributed by atoms with van der Waals surface area (Å²) in [6.07, 6.45) is 3.53. The lowest BCUT2D eigenvalue weighted by Gasteiger charge is -2.30. The Morgan fingerprint density at radius 2 is 1.86 bits per heavy atom. The monoisotopic (exact) mass is 434 g/mol. The van der Waals surface area contributed by atoms with Gasteiger partial charge in [-0.2, -0.15) is 4.98 Å². The van der Waals surface area contributed by atoms with E-state index in [4.69, 9.17) is 9.97 Å². The standard InChI is InChI=1S/C23H23BrN4/c24-20-9-8-19-15-28(11-10-18(19)12-20)22-13-21(17-6-7-17)26-23(27-22)25-14-16-4-2-1-3-5-16/h1-5,8-9,12-13,17H,6-7,10-11,14-15H2,(H,25,26,27). The van der Waals surface area contributed by atoms with Gasteiger partial charge in [0.1, 0.15) is 5.82 Å². The van der Waals surface area contributed by atoms with Crippen LogP contribution in [0.2, 0.25) is 0 Å². The summed E-state index contributed by atoms with van der Waals surface area (Å²) in [5.41, 5.74) is 5.24. The van der Waals surface area contributed by atoms with E-state index in [2.05, 4.69) is 74.7 Å². The summed E-state index contributed by atoms with van der Waals surface area (Å²) >= 11 is 3.59. The van der Waals surface area contributed by atoms with E-state index in [0.717, 1.165) is 42.3 Å². The van der Waals surface area contributed by atoms with Gasteiger partial charge in [-0.1, -0.05) is 52.3 Å². The van der Waals surface area contributed by atoms with E-state index in [9.17, 15) is 0 Å². The molecule has 5 heteroatoms. The second-order valence-corrected chi connectivity index (χ2v) is 8.59. The zero-order valence-corrected chi connectivity index (χ0v) is 17.3. The lowest BCUT2D eigenvalue weighted by Crippen LogP contribution is -2.31. The molecule has 1 aliphatic heterocycles. The van der Waals surface area contributed by atoms with Gasteiger partial charge < -0.3 is 10.2 Å². The van der Waals surface area contributed by atoms with Crippen LogP contribution in [0.5, 0.6) is 0 Å². The number of hydrogen-bond donors (Lipinski definition) is 1. The van der Waals surface area contributed by atoms with Gasteiger partial charge >= 0.3 is 0 Å². The highest BCUT2D eigenvalue weighted by Gasteiger charge is 2.27. The average Bonchev–Trinajstić information content (AvgIpc) is 3.58. The predicted molar refractivity (Wildman–Crippen MR) is 117 cm³/mol. The van der Waals surface area contributed by atoms with E-state index in [1.807, 2.05) is 6.07 Å². The number of hydrogen-bond acceptors (Lipinski definition) is 4. The molecule has 1 fully saturated rings. The molecule has 0 spiro atoms. The highest BCUT2D eigenvalue weighted by Crippen LogP contribution is 2.40. The van der Waals surface area contributed by atoms with Crippen molar-refractivity contribution in [2.75, 3.05) is 16.8 Å². The first-order valence-electron chi connectivity index (χ1n) is 9.93. The summed E-state index contributed by atoms with van der Waals surface area (Å²) in [4.78, 5) is 12.1. The van der Waals surface area contributed by atoms with Crippen LogP contribution in [-0.2, 0) is 19.5 Å². The molecule has 142 valence electrons. The Morgan fingerprint density at radius 3 is 2.68 bits per heavy atom. The smallest absolute Gasteiger partial charge is 0.225 e. The minimum atomic E-state index is 0.604. The summed E-state index contributed by atoms with van der Waals surface area (Å²) in [6, 6.07) is 19.2. The molecule has 1 saturated carbocycles. The molecule has 0 unspecified atom stereocenters. The van der Waals surface area contributed by atoms with Gasteiger partial charge in [-0.15, -0.1) is 0 Å².